The predicted molar refractivity (Wildman–Crippen MR) is 95.1 cm³/mol. The molecule has 1 aliphatic carbocycles. The van der Waals surface area contributed by atoms with Gasteiger partial charge in [-0.05, 0) is 18.6 Å². The molecule has 1 aromatic rings. The molecule has 1 amide bonds. The lowest BCUT2D eigenvalue weighted by molar-refractivity contribution is -0.156. The first kappa shape index (κ1) is 18.4. The number of esters is 1. The minimum Gasteiger partial charge on any atom is -0.510 e. The van der Waals surface area contributed by atoms with E-state index in [1.807, 2.05) is 6.07 Å². The molecule has 7 nitrogen and oxygen atoms in total. The monoisotopic (exact) mass is 369 g/mol. The smallest absolute Gasteiger partial charge is 0.326 e. The number of amides is 1. The number of hydrogen-bond acceptors (Lipinski definition) is 5. The lowest BCUT2D eigenvalue weighted by Gasteiger charge is -2.35. The summed E-state index contributed by atoms with van der Waals surface area (Å²) >= 11 is 0. The SMILES string of the molecule is CN1C(=O)C(C(=O)OCc2ccccc2)C(O)=C2C=CC(C)(C(=O)O)C=C21. The number of aliphatic carboxylic acids is 1. The number of rotatable bonds is 4. The minimum atomic E-state index is -1.48. The molecule has 1 aromatic carbocycles. The summed E-state index contributed by atoms with van der Waals surface area (Å²) in [5.74, 6) is -4.55. The maximum absolute atomic E-state index is 12.6. The summed E-state index contributed by atoms with van der Waals surface area (Å²) in [6.45, 7) is 1.45. The molecular weight excluding hydrogens is 350 g/mol. The van der Waals surface area contributed by atoms with E-state index in [4.69, 9.17) is 4.74 Å². The Bertz CT molecular complexity index is 898. The van der Waals surface area contributed by atoms with Crippen molar-refractivity contribution in [1.82, 2.24) is 4.90 Å². The Balaban J connectivity index is 1.89. The van der Waals surface area contributed by atoms with Gasteiger partial charge in [0.15, 0.2) is 5.92 Å². The zero-order chi connectivity index (χ0) is 19.8. The minimum absolute atomic E-state index is 0.0224. The van der Waals surface area contributed by atoms with Gasteiger partial charge in [0.25, 0.3) is 0 Å². The van der Waals surface area contributed by atoms with Crippen molar-refractivity contribution in [3.05, 3.63) is 71.2 Å². The van der Waals surface area contributed by atoms with Gasteiger partial charge in [-0.25, -0.2) is 0 Å². The predicted octanol–water partition coefficient (Wildman–Crippen LogP) is 2.17. The molecule has 2 aliphatic rings. The molecule has 0 bridgehead atoms. The lowest BCUT2D eigenvalue weighted by Crippen LogP contribution is -2.44. The number of carbonyl (C=O) groups is 3. The lowest BCUT2D eigenvalue weighted by atomic mass is 9.80. The quantitative estimate of drug-likeness (QED) is 0.623. The van der Waals surface area contributed by atoms with Crippen LogP contribution in [0.15, 0.2) is 65.6 Å². The number of benzene rings is 1. The van der Waals surface area contributed by atoms with Crippen LogP contribution in [0.5, 0.6) is 0 Å². The van der Waals surface area contributed by atoms with Gasteiger partial charge in [-0.1, -0.05) is 42.5 Å². The van der Waals surface area contributed by atoms with Crippen molar-refractivity contribution in [3.8, 4) is 0 Å². The Morgan fingerprint density at radius 3 is 2.56 bits per heavy atom. The third-order valence-electron chi connectivity index (χ3n) is 4.72. The highest BCUT2D eigenvalue weighted by atomic mass is 16.5. The largest absolute Gasteiger partial charge is 0.510 e. The fourth-order valence-corrected chi connectivity index (χ4v) is 2.99. The number of fused-ring (bicyclic) bond motifs is 1. The van der Waals surface area contributed by atoms with Gasteiger partial charge in [-0.3, -0.25) is 14.4 Å². The van der Waals surface area contributed by atoms with E-state index in [1.165, 1.54) is 37.1 Å². The van der Waals surface area contributed by atoms with Crippen molar-refractivity contribution in [2.24, 2.45) is 11.3 Å². The second-order valence-electron chi connectivity index (χ2n) is 6.67. The molecule has 27 heavy (non-hydrogen) atoms. The average Bonchev–Trinajstić information content (AvgIpc) is 2.65. The van der Waals surface area contributed by atoms with Gasteiger partial charge in [-0.15, -0.1) is 0 Å². The van der Waals surface area contributed by atoms with Gasteiger partial charge in [0.05, 0.1) is 5.70 Å². The number of carboxylic acid groups (broad SMARTS) is 1. The molecule has 3 rings (SSSR count). The van der Waals surface area contributed by atoms with Crippen LogP contribution in [0.2, 0.25) is 0 Å². The Kier molecular flexibility index (Phi) is 4.61. The summed E-state index contributed by atoms with van der Waals surface area (Å²) in [5, 5.41) is 19.9. The highest BCUT2D eigenvalue weighted by Gasteiger charge is 2.44. The zero-order valence-electron chi connectivity index (χ0n) is 14.9. The Hall–Kier alpha value is -3.35. The molecule has 0 saturated heterocycles. The second kappa shape index (κ2) is 6.75. The molecule has 140 valence electrons. The number of likely N-dealkylation sites (N-methyl/N-ethyl adjacent to an activating group) is 1. The highest BCUT2D eigenvalue weighted by molar-refractivity contribution is 6.03. The second-order valence-corrected chi connectivity index (χ2v) is 6.67. The molecule has 7 heteroatoms. The number of carboxylic acids is 1. The maximum atomic E-state index is 12.6. The van der Waals surface area contributed by atoms with Crippen LogP contribution in [-0.2, 0) is 25.7 Å². The maximum Gasteiger partial charge on any atom is 0.326 e. The fraction of sp³-hybridized carbons (Fsp3) is 0.250. The number of carbonyl (C=O) groups excluding carboxylic acids is 2. The average molecular weight is 369 g/mol. The van der Waals surface area contributed by atoms with Crippen LogP contribution in [0, 0.1) is 11.3 Å². The third kappa shape index (κ3) is 3.23. The van der Waals surface area contributed by atoms with Crippen LogP contribution in [0.25, 0.3) is 0 Å². The van der Waals surface area contributed by atoms with Crippen LogP contribution in [0.1, 0.15) is 12.5 Å². The van der Waals surface area contributed by atoms with Crippen molar-refractivity contribution in [3.63, 3.8) is 0 Å². The van der Waals surface area contributed by atoms with E-state index in [1.54, 1.807) is 24.3 Å². The van der Waals surface area contributed by atoms with Crippen LogP contribution < -0.4 is 0 Å². The van der Waals surface area contributed by atoms with E-state index >= 15 is 0 Å². The van der Waals surface area contributed by atoms with E-state index in [-0.39, 0.29) is 17.9 Å². The normalized spacial score (nSPS) is 24.4. The van der Waals surface area contributed by atoms with Gasteiger partial charge < -0.3 is 19.8 Å². The van der Waals surface area contributed by atoms with Gasteiger partial charge in [0.1, 0.15) is 17.8 Å². The Morgan fingerprint density at radius 1 is 1.26 bits per heavy atom. The van der Waals surface area contributed by atoms with E-state index < -0.39 is 34.9 Å². The summed E-state index contributed by atoms with van der Waals surface area (Å²) in [6, 6.07) is 8.97. The first-order valence-corrected chi connectivity index (χ1v) is 8.32. The number of allylic oxidation sites excluding steroid dienone is 1. The summed E-state index contributed by atoms with van der Waals surface area (Å²) in [6.07, 6.45) is 4.20. The Labute approximate surface area is 155 Å². The van der Waals surface area contributed by atoms with Crippen molar-refractivity contribution in [1.29, 1.82) is 0 Å². The van der Waals surface area contributed by atoms with Crippen LogP contribution in [-0.4, -0.2) is 40.0 Å². The van der Waals surface area contributed by atoms with Crippen molar-refractivity contribution in [2.45, 2.75) is 13.5 Å². The van der Waals surface area contributed by atoms with Gasteiger partial charge in [-0.2, -0.15) is 0 Å². The number of hydrogen-bond donors (Lipinski definition) is 2. The van der Waals surface area contributed by atoms with Gasteiger partial charge in [0.2, 0.25) is 5.91 Å². The summed E-state index contributed by atoms with van der Waals surface area (Å²) in [4.78, 5) is 37.7. The third-order valence-corrected chi connectivity index (χ3v) is 4.72. The molecular formula is C20H19NO6. The molecule has 0 radical (unpaired) electrons. The molecule has 1 heterocycles. The summed E-state index contributed by atoms with van der Waals surface area (Å²) in [5.41, 5.74) is -0.0756. The van der Waals surface area contributed by atoms with Crippen LogP contribution in [0.3, 0.4) is 0 Å². The van der Waals surface area contributed by atoms with E-state index in [0.29, 0.717) is 0 Å². The van der Waals surface area contributed by atoms with Crippen LogP contribution >= 0.6 is 0 Å². The molecule has 2 unspecified atom stereocenters. The first-order chi connectivity index (χ1) is 12.7. The number of ether oxygens (including phenoxy) is 1. The molecule has 2 N–H and O–H groups in total. The van der Waals surface area contributed by atoms with Crippen LogP contribution in [0.4, 0.5) is 0 Å². The molecule has 0 fully saturated rings. The van der Waals surface area contributed by atoms with Crippen molar-refractivity contribution < 1.29 is 29.3 Å². The molecule has 0 aromatic heterocycles. The molecule has 1 aliphatic heterocycles. The Morgan fingerprint density at radius 2 is 1.93 bits per heavy atom. The molecule has 0 saturated carbocycles. The fourth-order valence-electron chi connectivity index (χ4n) is 2.99. The number of nitrogens with zero attached hydrogens (tertiary/aromatic N) is 1. The number of aliphatic hydroxyl groups excluding tert-OH is 1. The number of aliphatic hydroxyl groups is 1. The zero-order valence-corrected chi connectivity index (χ0v) is 14.9. The van der Waals surface area contributed by atoms with E-state index in [9.17, 15) is 24.6 Å². The molecule has 0 spiro atoms. The van der Waals surface area contributed by atoms with Crippen molar-refractivity contribution in [2.75, 3.05) is 7.05 Å². The highest BCUT2D eigenvalue weighted by Crippen LogP contribution is 2.39. The van der Waals surface area contributed by atoms with E-state index in [0.717, 1.165) is 5.56 Å². The topological polar surface area (TPSA) is 104 Å². The molecule has 2 atom stereocenters. The van der Waals surface area contributed by atoms with E-state index in [2.05, 4.69) is 0 Å². The van der Waals surface area contributed by atoms with Gasteiger partial charge in [0, 0.05) is 12.6 Å². The first-order valence-electron chi connectivity index (χ1n) is 8.32. The van der Waals surface area contributed by atoms with Gasteiger partial charge >= 0.3 is 11.9 Å². The van der Waals surface area contributed by atoms with Crippen molar-refractivity contribution >= 4 is 17.8 Å². The standard InChI is InChI=1S/C20H19NO6/c1-20(19(25)26)9-8-13-14(10-20)21(2)17(23)15(16(13)22)18(24)27-11-12-6-4-3-5-7-12/h3-10,15,22H,11H2,1-2H3,(H,25,26). The summed E-state index contributed by atoms with van der Waals surface area (Å²) < 4.78 is 5.20. The summed E-state index contributed by atoms with van der Waals surface area (Å²) in [7, 11) is 1.43.